The molecule has 1 heterocycles. The van der Waals surface area contributed by atoms with E-state index in [4.69, 9.17) is 11.6 Å². The summed E-state index contributed by atoms with van der Waals surface area (Å²) in [5.74, 6) is 0.559. The minimum atomic E-state index is -0.550. The molecule has 5 nitrogen and oxygen atoms in total. The third-order valence-corrected chi connectivity index (χ3v) is 4.04. The molecule has 1 aliphatic rings. The Balaban J connectivity index is 2.63. The average molecular weight is 297 g/mol. The molecule has 1 aromatic rings. The summed E-state index contributed by atoms with van der Waals surface area (Å²) in [6.07, 6.45) is 1.14. The zero-order chi connectivity index (χ0) is 14.8. The maximum Gasteiger partial charge on any atom is 0.228 e. The number of rotatable bonds is 5. The van der Waals surface area contributed by atoms with Crippen LogP contribution in [-0.2, 0) is 16.9 Å². The van der Waals surface area contributed by atoms with Crippen LogP contribution in [-0.4, -0.2) is 32.9 Å². The van der Waals surface area contributed by atoms with Gasteiger partial charge < -0.3 is 10.6 Å². The monoisotopic (exact) mass is 296 g/mol. The highest BCUT2D eigenvalue weighted by Crippen LogP contribution is 2.39. The molecule has 110 valence electrons. The van der Waals surface area contributed by atoms with Gasteiger partial charge in [0.25, 0.3) is 0 Å². The lowest BCUT2D eigenvalue weighted by atomic mass is 9.87. The first-order chi connectivity index (χ1) is 9.60. The minimum absolute atomic E-state index is 0.0113. The van der Waals surface area contributed by atoms with Gasteiger partial charge in [-0.2, -0.15) is 0 Å². The molecule has 0 saturated carbocycles. The highest BCUT2D eigenvalue weighted by Gasteiger charge is 2.39. The standard InChI is InChI=1S/C14H21ClN4O/c1-16-11-7-9(4-5-15)6-10-13(11)19-12(20)8-14(10,17-2)18-3/h6-7,16-18H,4-5,8H2,1-3H3,(H,19,20). The number of hydrogen-bond acceptors (Lipinski definition) is 4. The molecule has 0 aromatic heterocycles. The van der Waals surface area contributed by atoms with Crippen molar-refractivity contribution in [2.45, 2.75) is 18.5 Å². The van der Waals surface area contributed by atoms with E-state index in [1.807, 2.05) is 27.2 Å². The van der Waals surface area contributed by atoms with E-state index in [0.29, 0.717) is 12.3 Å². The minimum Gasteiger partial charge on any atom is -0.386 e. The van der Waals surface area contributed by atoms with Crippen LogP contribution in [0.1, 0.15) is 17.5 Å². The Labute approximate surface area is 124 Å². The van der Waals surface area contributed by atoms with Crippen LogP contribution < -0.4 is 21.3 Å². The van der Waals surface area contributed by atoms with Crippen molar-refractivity contribution < 1.29 is 4.79 Å². The first kappa shape index (κ1) is 15.1. The number of nitrogens with one attached hydrogen (secondary N) is 4. The third kappa shape index (κ3) is 2.49. The van der Waals surface area contributed by atoms with E-state index in [0.717, 1.165) is 28.9 Å². The fourth-order valence-electron chi connectivity index (χ4n) is 2.71. The molecule has 1 amide bonds. The summed E-state index contributed by atoms with van der Waals surface area (Å²) in [7, 11) is 5.56. The van der Waals surface area contributed by atoms with Crippen LogP contribution in [0.25, 0.3) is 0 Å². The predicted octanol–water partition coefficient (Wildman–Crippen LogP) is 1.44. The van der Waals surface area contributed by atoms with Crippen molar-refractivity contribution in [2.75, 3.05) is 37.7 Å². The molecule has 0 unspecified atom stereocenters. The summed E-state index contributed by atoms with van der Waals surface area (Å²) in [5, 5.41) is 12.6. The Morgan fingerprint density at radius 2 is 2.00 bits per heavy atom. The number of amides is 1. The van der Waals surface area contributed by atoms with Crippen LogP contribution in [0, 0.1) is 0 Å². The maximum absolute atomic E-state index is 12.0. The van der Waals surface area contributed by atoms with Crippen molar-refractivity contribution in [3.63, 3.8) is 0 Å². The molecule has 0 aliphatic carbocycles. The summed E-state index contributed by atoms with van der Waals surface area (Å²) in [6, 6.07) is 4.13. The van der Waals surface area contributed by atoms with Gasteiger partial charge in [-0.15, -0.1) is 11.6 Å². The van der Waals surface area contributed by atoms with Crippen LogP contribution in [0.5, 0.6) is 0 Å². The van der Waals surface area contributed by atoms with E-state index in [9.17, 15) is 4.79 Å². The maximum atomic E-state index is 12.0. The van der Waals surface area contributed by atoms with Crippen molar-refractivity contribution >= 4 is 28.9 Å². The Kier molecular flexibility index (Phi) is 4.52. The van der Waals surface area contributed by atoms with Crippen molar-refractivity contribution in [1.29, 1.82) is 0 Å². The van der Waals surface area contributed by atoms with Gasteiger partial charge in [0.2, 0.25) is 5.91 Å². The normalized spacial score (nSPS) is 16.5. The van der Waals surface area contributed by atoms with Gasteiger partial charge in [0.05, 0.1) is 17.8 Å². The van der Waals surface area contributed by atoms with Gasteiger partial charge in [0.1, 0.15) is 5.66 Å². The first-order valence-electron chi connectivity index (χ1n) is 6.69. The van der Waals surface area contributed by atoms with E-state index in [1.54, 1.807) is 0 Å². The van der Waals surface area contributed by atoms with Crippen LogP contribution in [0.15, 0.2) is 12.1 Å². The highest BCUT2D eigenvalue weighted by molar-refractivity contribution is 6.18. The topological polar surface area (TPSA) is 65.2 Å². The number of anilines is 2. The summed E-state index contributed by atoms with van der Waals surface area (Å²) in [4.78, 5) is 12.0. The van der Waals surface area contributed by atoms with Crippen molar-refractivity contribution in [1.82, 2.24) is 10.6 Å². The van der Waals surface area contributed by atoms with E-state index in [1.165, 1.54) is 0 Å². The Bertz CT molecular complexity index is 514. The van der Waals surface area contributed by atoms with Crippen molar-refractivity contribution in [3.8, 4) is 0 Å². The highest BCUT2D eigenvalue weighted by atomic mass is 35.5. The molecule has 1 aliphatic heterocycles. The molecule has 0 saturated heterocycles. The van der Waals surface area contributed by atoms with E-state index < -0.39 is 5.66 Å². The fraction of sp³-hybridized carbons (Fsp3) is 0.500. The van der Waals surface area contributed by atoms with Crippen molar-refractivity contribution in [2.24, 2.45) is 0 Å². The molecule has 1 aromatic carbocycles. The van der Waals surface area contributed by atoms with Gasteiger partial charge >= 0.3 is 0 Å². The number of alkyl halides is 1. The summed E-state index contributed by atoms with van der Waals surface area (Å²) in [5.41, 5.74) is 3.37. The molecule has 0 atom stereocenters. The second-order valence-electron chi connectivity index (χ2n) is 4.89. The zero-order valence-corrected chi connectivity index (χ0v) is 12.8. The van der Waals surface area contributed by atoms with E-state index in [2.05, 4.69) is 27.3 Å². The molecule has 2 rings (SSSR count). The fourth-order valence-corrected chi connectivity index (χ4v) is 2.93. The largest absolute Gasteiger partial charge is 0.386 e. The Morgan fingerprint density at radius 3 is 2.55 bits per heavy atom. The number of benzene rings is 1. The van der Waals surface area contributed by atoms with E-state index in [-0.39, 0.29) is 5.91 Å². The van der Waals surface area contributed by atoms with Crippen LogP contribution in [0.2, 0.25) is 0 Å². The molecule has 20 heavy (non-hydrogen) atoms. The van der Waals surface area contributed by atoms with Gasteiger partial charge in [0, 0.05) is 18.5 Å². The Hall–Kier alpha value is -1.30. The predicted molar refractivity (Wildman–Crippen MR) is 83.5 cm³/mol. The number of carbonyl (C=O) groups excluding carboxylic acids is 1. The number of carbonyl (C=O) groups is 1. The molecular weight excluding hydrogens is 276 g/mol. The lowest BCUT2D eigenvalue weighted by molar-refractivity contribution is -0.118. The quantitative estimate of drug-likeness (QED) is 0.490. The molecule has 6 heteroatoms. The number of aryl methyl sites for hydroxylation is 1. The van der Waals surface area contributed by atoms with Crippen LogP contribution in [0.3, 0.4) is 0 Å². The molecule has 0 bridgehead atoms. The summed E-state index contributed by atoms with van der Waals surface area (Å²) < 4.78 is 0. The number of hydrogen-bond donors (Lipinski definition) is 4. The van der Waals surface area contributed by atoms with Gasteiger partial charge in [-0.3, -0.25) is 15.4 Å². The van der Waals surface area contributed by atoms with Crippen molar-refractivity contribution in [3.05, 3.63) is 23.3 Å². The lowest BCUT2D eigenvalue weighted by Crippen LogP contribution is -2.55. The van der Waals surface area contributed by atoms with E-state index >= 15 is 0 Å². The van der Waals surface area contributed by atoms with Gasteiger partial charge in [0.15, 0.2) is 0 Å². The number of fused-ring (bicyclic) bond motifs is 1. The second kappa shape index (κ2) is 5.99. The molecule has 0 spiro atoms. The third-order valence-electron chi connectivity index (χ3n) is 3.85. The zero-order valence-electron chi connectivity index (χ0n) is 12.1. The molecule has 0 fully saturated rings. The molecule has 0 radical (unpaired) electrons. The van der Waals surface area contributed by atoms with Gasteiger partial charge in [-0.05, 0) is 32.1 Å². The smallest absolute Gasteiger partial charge is 0.228 e. The van der Waals surface area contributed by atoms with Gasteiger partial charge in [-0.25, -0.2) is 0 Å². The average Bonchev–Trinajstić information content (AvgIpc) is 2.46. The molecular formula is C14H21ClN4O. The summed E-state index contributed by atoms with van der Waals surface area (Å²) in [6.45, 7) is 0. The Morgan fingerprint density at radius 1 is 1.30 bits per heavy atom. The van der Waals surface area contributed by atoms with Gasteiger partial charge in [-0.1, -0.05) is 6.07 Å². The van der Waals surface area contributed by atoms with Crippen LogP contribution in [0.4, 0.5) is 11.4 Å². The number of halogens is 1. The lowest BCUT2D eigenvalue weighted by Gasteiger charge is -2.39. The SMILES string of the molecule is CNc1cc(CCCl)cc2c1NC(=O)CC2(NC)NC. The first-order valence-corrected chi connectivity index (χ1v) is 7.22. The summed E-state index contributed by atoms with van der Waals surface area (Å²) >= 11 is 5.86. The van der Waals surface area contributed by atoms with Crippen LogP contribution >= 0.6 is 11.6 Å². The molecule has 4 N–H and O–H groups in total. The second-order valence-corrected chi connectivity index (χ2v) is 5.26.